The minimum atomic E-state index is -4.13. The predicted molar refractivity (Wildman–Crippen MR) is 136 cm³/mol. The highest BCUT2D eigenvalue weighted by molar-refractivity contribution is 6.07. The van der Waals surface area contributed by atoms with Gasteiger partial charge in [0.25, 0.3) is 5.91 Å². The normalized spacial score (nSPS) is 12.2. The van der Waals surface area contributed by atoms with E-state index in [0.29, 0.717) is 17.9 Å². The van der Waals surface area contributed by atoms with Crippen molar-refractivity contribution in [3.8, 4) is 5.75 Å². The SMILES string of the molecule is CC(C)C(COCc1cccnc1)NC(=O)C(F)(F)C(=O)CCc1ccc(OCc2ccccc2)cc1. The number of benzene rings is 2. The molecular formula is C29H32F2N2O4. The van der Waals surface area contributed by atoms with Crippen LogP contribution in [0.15, 0.2) is 79.1 Å². The first kappa shape index (κ1) is 27.9. The molecule has 1 aromatic heterocycles. The van der Waals surface area contributed by atoms with E-state index in [2.05, 4.69) is 10.3 Å². The number of aryl methyl sites for hydroxylation is 1. The van der Waals surface area contributed by atoms with Gasteiger partial charge in [-0.1, -0.05) is 62.4 Å². The van der Waals surface area contributed by atoms with Crippen LogP contribution in [0.1, 0.15) is 37.0 Å². The summed E-state index contributed by atoms with van der Waals surface area (Å²) in [7, 11) is 0. The number of ether oxygens (including phenoxy) is 2. The van der Waals surface area contributed by atoms with Gasteiger partial charge in [0.2, 0.25) is 5.78 Å². The molecule has 37 heavy (non-hydrogen) atoms. The van der Waals surface area contributed by atoms with Crippen LogP contribution in [0.2, 0.25) is 0 Å². The van der Waals surface area contributed by atoms with Gasteiger partial charge in [0.15, 0.2) is 0 Å². The van der Waals surface area contributed by atoms with Crippen LogP contribution >= 0.6 is 0 Å². The predicted octanol–water partition coefficient (Wildman–Crippen LogP) is 5.16. The highest BCUT2D eigenvalue weighted by atomic mass is 19.3. The number of alkyl halides is 2. The highest BCUT2D eigenvalue weighted by Gasteiger charge is 2.47. The average molecular weight is 511 g/mol. The van der Waals surface area contributed by atoms with E-state index in [0.717, 1.165) is 11.1 Å². The summed E-state index contributed by atoms with van der Waals surface area (Å²) in [5.74, 6) is -6.70. The quantitative estimate of drug-likeness (QED) is 0.303. The molecule has 8 heteroatoms. The standard InChI is InChI=1S/C29H32F2N2O4/c1-21(2)26(20-36-18-24-9-6-16-32-17-24)33-28(35)29(30,31)27(34)15-12-22-10-13-25(14-11-22)37-19-23-7-4-3-5-8-23/h3-11,13-14,16-17,21,26H,12,15,18-20H2,1-2H3,(H,33,35). The van der Waals surface area contributed by atoms with Gasteiger partial charge in [0, 0.05) is 18.8 Å². The van der Waals surface area contributed by atoms with Crippen LogP contribution in [0.5, 0.6) is 5.75 Å². The third-order valence-electron chi connectivity index (χ3n) is 5.86. The van der Waals surface area contributed by atoms with Crippen molar-refractivity contribution in [3.63, 3.8) is 0 Å². The molecule has 1 N–H and O–H groups in total. The summed E-state index contributed by atoms with van der Waals surface area (Å²) >= 11 is 0. The van der Waals surface area contributed by atoms with Crippen LogP contribution in [-0.4, -0.2) is 35.2 Å². The number of pyridine rings is 1. The van der Waals surface area contributed by atoms with Gasteiger partial charge in [-0.3, -0.25) is 14.6 Å². The van der Waals surface area contributed by atoms with Gasteiger partial charge in [0.1, 0.15) is 12.4 Å². The molecule has 1 heterocycles. The number of Topliss-reactive ketones (excluding diaryl/α,β-unsaturated/α-hetero) is 1. The molecule has 6 nitrogen and oxygen atoms in total. The Kier molecular flexibility index (Phi) is 10.3. The third-order valence-corrected chi connectivity index (χ3v) is 5.86. The Bertz CT molecular complexity index is 1120. The molecule has 0 spiro atoms. The Morgan fingerprint density at radius 1 is 0.919 bits per heavy atom. The first-order valence-electron chi connectivity index (χ1n) is 12.2. The van der Waals surface area contributed by atoms with Crippen molar-refractivity contribution in [1.82, 2.24) is 10.3 Å². The van der Waals surface area contributed by atoms with E-state index < -0.39 is 30.1 Å². The number of amides is 1. The van der Waals surface area contributed by atoms with Crippen LogP contribution < -0.4 is 10.1 Å². The summed E-state index contributed by atoms with van der Waals surface area (Å²) in [6, 6.07) is 19.5. The van der Waals surface area contributed by atoms with Crippen LogP contribution in [-0.2, 0) is 34.0 Å². The van der Waals surface area contributed by atoms with E-state index in [1.165, 1.54) is 0 Å². The van der Waals surface area contributed by atoms with Crippen molar-refractivity contribution in [3.05, 3.63) is 95.8 Å². The first-order valence-corrected chi connectivity index (χ1v) is 12.2. The molecule has 2 aromatic carbocycles. The molecule has 1 unspecified atom stereocenters. The number of ketones is 1. The molecule has 0 saturated heterocycles. The highest BCUT2D eigenvalue weighted by Crippen LogP contribution is 2.21. The number of hydrogen-bond donors (Lipinski definition) is 1. The molecule has 1 amide bonds. The van der Waals surface area contributed by atoms with Crippen molar-refractivity contribution in [1.29, 1.82) is 0 Å². The molecule has 0 aliphatic heterocycles. The maximum atomic E-state index is 14.6. The number of hydrogen-bond acceptors (Lipinski definition) is 5. The summed E-state index contributed by atoms with van der Waals surface area (Å²) in [5, 5.41) is 2.29. The fraction of sp³-hybridized carbons (Fsp3) is 0.345. The van der Waals surface area contributed by atoms with Gasteiger partial charge in [-0.25, -0.2) is 0 Å². The molecule has 0 fully saturated rings. The molecule has 3 rings (SSSR count). The number of carbonyl (C=O) groups is 2. The second-order valence-electron chi connectivity index (χ2n) is 9.12. The summed E-state index contributed by atoms with van der Waals surface area (Å²) in [5.41, 5.74) is 2.55. The molecule has 0 aliphatic carbocycles. The lowest BCUT2D eigenvalue weighted by atomic mass is 10.0. The smallest absolute Gasteiger partial charge is 0.381 e. The van der Waals surface area contributed by atoms with Gasteiger partial charge in [-0.15, -0.1) is 0 Å². The fourth-order valence-corrected chi connectivity index (χ4v) is 3.48. The molecule has 0 radical (unpaired) electrons. The largest absolute Gasteiger partial charge is 0.489 e. The Labute approximate surface area is 216 Å². The Morgan fingerprint density at radius 3 is 2.27 bits per heavy atom. The minimum absolute atomic E-state index is 0.0290. The van der Waals surface area contributed by atoms with Gasteiger partial charge in [-0.2, -0.15) is 8.78 Å². The van der Waals surface area contributed by atoms with Crippen LogP contribution in [0, 0.1) is 5.92 Å². The molecule has 0 saturated carbocycles. The lowest BCUT2D eigenvalue weighted by molar-refractivity contribution is -0.159. The van der Waals surface area contributed by atoms with Crippen molar-refractivity contribution >= 4 is 11.7 Å². The van der Waals surface area contributed by atoms with Gasteiger partial charge < -0.3 is 14.8 Å². The Balaban J connectivity index is 1.46. The van der Waals surface area contributed by atoms with E-state index in [9.17, 15) is 18.4 Å². The topological polar surface area (TPSA) is 77.5 Å². The van der Waals surface area contributed by atoms with Crippen LogP contribution in [0.25, 0.3) is 0 Å². The van der Waals surface area contributed by atoms with E-state index in [-0.39, 0.29) is 25.6 Å². The van der Waals surface area contributed by atoms with Crippen LogP contribution in [0.3, 0.4) is 0 Å². The van der Waals surface area contributed by atoms with Crippen molar-refractivity contribution in [2.24, 2.45) is 5.92 Å². The second kappa shape index (κ2) is 13.6. The van der Waals surface area contributed by atoms with E-state index in [1.807, 2.05) is 36.4 Å². The van der Waals surface area contributed by atoms with Gasteiger partial charge in [0.05, 0.1) is 19.3 Å². The minimum Gasteiger partial charge on any atom is -0.489 e. The number of carbonyl (C=O) groups excluding carboxylic acids is 2. The average Bonchev–Trinajstić information content (AvgIpc) is 2.91. The molecule has 196 valence electrons. The zero-order valence-electron chi connectivity index (χ0n) is 21.0. The van der Waals surface area contributed by atoms with Crippen molar-refractivity contribution in [2.45, 2.75) is 51.9 Å². The van der Waals surface area contributed by atoms with E-state index >= 15 is 0 Å². The molecular weight excluding hydrogens is 478 g/mol. The maximum Gasteiger partial charge on any atom is 0.381 e. The second-order valence-corrected chi connectivity index (χ2v) is 9.12. The lowest BCUT2D eigenvalue weighted by Crippen LogP contribution is -2.52. The van der Waals surface area contributed by atoms with Crippen molar-refractivity contribution < 1.29 is 27.8 Å². The molecule has 0 aliphatic rings. The number of aromatic nitrogens is 1. The molecule has 3 aromatic rings. The summed E-state index contributed by atoms with van der Waals surface area (Å²) in [6.07, 6.45) is 2.90. The fourth-order valence-electron chi connectivity index (χ4n) is 3.48. The number of halogens is 2. The van der Waals surface area contributed by atoms with E-state index in [1.54, 1.807) is 56.6 Å². The Morgan fingerprint density at radius 2 is 1.62 bits per heavy atom. The monoisotopic (exact) mass is 510 g/mol. The van der Waals surface area contributed by atoms with Gasteiger partial charge in [-0.05, 0) is 47.2 Å². The number of rotatable bonds is 14. The van der Waals surface area contributed by atoms with Gasteiger partial charge >= 0.3 is 5.92 Å². The summed E-state index contributed by atoms with van der Waals surface area (Å²) in [4.78, 5) is 28.6. The summed E-state index contributed by atoms with van der Waals surface area (Å²) < 4.78 is 40.5. The zero-order valence-corrected chi connectivity index (χ0v) is 21.0. The number of nitrogens with one attached hydrogen (secondary N) is 1. The lowest BCUT2D eigenvalue weighted by Gasteiger charge is -2.24. The van der Waals surface area contributed by atoms with Crippen LogP contribution in [0.4, 0.5) is 8.78 Å². The van der Waals surface area contributed by atoms with Crippen molar-refractivity contribution in [2.75, 3.05) is 6.61 Å². The first-order chi connectivity index (χ1) is 17.8. The zero-order chi connectivity index (χ0) is 26.7. The Hall–Kier alpha value is -3.65. The number of nitrogens with zero attached hydrogens (tertiary/aromatic N) is 1. The third kappa shape index (κ3) is 8.75. The maximum absolute atomic E-state index is 14.6. The molecule has 0 bridgehead atoms. The summed E-state index contributed by atoms with van der Waals surface area (Å²) in [6.45, 7) is 4.24. The molecule has 1 atom stereocenters. The van der Waals surface area contributed by atoms with E-state index in [4.69, 9.17) is 9.47 Å².